The van der Waals surface area contributed by atoms with Crippen LogP contribution in [0.2, 0.25) is 0 Å². The summed E-state index contributed by atoms with van der Waals surface area (Å²) >= 11 is 0. The maximum Gasteiger partial charge on any atom is 1.00 e. The summed E-state index contributed by atoms with van der Waals surface area (Å²) in [6.45, 7) is 0. The van der Waals surface area contributed by atoms with Gasteiger partial charge in [-0.05, 0) is 0 Å². The first-order chi connectivity index (χ1) is 2.27. The Labute approximate surface area is 126 Å². The summed E-state index contributed by atoms with van der Waals surface area (Å²) in [6, 6.07) is 0. The average molecular weight is 153 g/mol. The van der Waals surface area contributed by atoms with Crippen molar-refractivity contribution in [3.63, 3.8) is 0 Å². The van der Waals surface area contributed by atoms with Crippen LogP contribution < -0.4 is 113 Å². The predicted octanol–water partition coefficient (Wildman–Crippen LogP) is -8.54. The van der Waals surface area contributed by atoms with Gasteiger partial charge in [-0.1, -0.05) is 6.08 Å². The minimum atomic E-state index is -1.81. The zero-order valence-corrected chi connectivity index (χ0v) is 10.5. The van der Waals surface area contributed by atoms with Crippen LogP contribution in [0.1, 0.15) is 0 Å². The smallest absolute Gasteiger partial charge is 0.868 e. The van der Waals surface area contributed by atoms with Crippen molar-refractivity contribution in [2.75, 3.05) is 0 Å². The standard InChI is InChI=1S/CH3NO3.2K/c3-1(4)2-5;;/h5H,(H2,2,3,4);;/q;2*+1/p-2. The van der Waals surface area contributed by atoms with Gasteiger partial charge in [0.15, 0.2) is 0 Å². The van der Waals surface area contributed by atoms with E-state index in [4.69, 9.17) is 15.4 Å². The van der Waals surface area contributed by atoms with Crippen molar-refractivity contribution in [1.82, 2.24) is 0 Å². The van der Waals surface area contributed by atoms with Gasteiger partial charge in [0.05, 0.1) is 0 Å². The molecular weight excluding hydrogens is 152 g/mol. The molecule has 0 saturated heterocycles. The van der Waals surface area contributed by atoms with Crippen LogP contribution >= 0.6 is 0 Å². The van der Waals surface area contributed by atoms with Crippen molar-refractivity contribution in [3.8, 4) is 0 Å². The van der Waals surface area contributed by atoms with E-state index in [1.807, 2.05) is 0 Å². The molecule has 0 aliphatic heterocycles. The molecule has 0 aliphatic carbocycles. The predicted molar refractivity (Wildman–Crippen MR) is 9.22 cm³/mol. The van der Waals surface area contributed by atoms with Gasteiger partial charge in [-0.25, -0.2) is 0 Å². The van der Waals surface area contributed by atoms with Gasteiger partial charge in [0, 0.05) is 0 Å². The molecule has 0 aromatic carbocycles. The molecule has 0 spiro atoms. The molecule has 6 heteroatoms. The second-order valence-electron chi connectivity index (χ2n) is 0.366. The minimum absolute atomic E-state index is 0. The van der Waals surface area contributed by atoms with Crippen molar-refractivity contribution < 1.29 is 118 Å². The Kier molecular flexibility index (Phi) is 25.8. The Bertz CT molecular complexity index is 50.9. The van der Waals surface area contributed by atoms with Crippen LogP contribution in [-0.4, -0.2) is 11.3 Å². The van der Waals surface area contributed by atoms with Crippen molar-refractivity contribution in [2.24, 2.45) is 5.16 Å². The molecule has 4 nitrogen and oxygen atoms in total. The number of hydrogen-bond acceptors (Lipinski definition) is 4. The van der Waals surface area contributed by atoms with Crippen LogP contribution in [0.5, 0.6) is 0 Å². The van der Waals surface area contributed by atoms with Crippen LogP contribution in [0.15, 0.2) is 5.16 Å². The molecule has 0 saturated carbocycles. The van der Waals surface area contributed by atoms with Gasteiger partial charge in [-0.15, -0.1) is 5.16 Å². The van der Waals surface area contributed by atoms with Crippen LogP contribution in [-0.2, 0) is 0 Å². The van der Waals surface area contributed by atoms with E-state index in [0.717, 1.165) is 0 Å². The summed E-state index contributed by atoms with van der Waals surface area (Å²) in [7, 11) is 0. The van der Waals surface area contributed by atoms with Crippen molar-refractivity contribution in [2.45, 2.75) is 0 Å². The van der Waals surface area contributed by atoms with E-state index >= 15 is 0 Å². The van der Waals surface area contributed by atoms with E-state index in [0.29, 0.717) is 0 Å². The van der Waals surface area contributed by atoms with E-state index in [-0.39, 0.29) is 103 Å². The SMILES string of the molecule is [K+].[K+].[O-]C([O-])=NO. The zero-order chi connectivity index (χ0) is 4.28. The third kappa shape index (κ3) is 17.8. The Balaban J connectivity index is -0.0000000800. The van der Waals surface area contributed by atoms with Crippen LogP contribution in [0.3, 0.4) is 0 Å². The van der Waals surface area contributed by atoms with Gasteiger partial charge < -0.3 is 15.4 Å². The molecule has 0 atom stereocenters. The molecule has 0 rings (SSSR count). The second kappa shape index (κ2) is 11.2. The van der Waals surface area contributed by atoms with Crippen LogP contribution in [0, 0.1) is 0 Å². The molecule has 0 radical (unpaired) electrons. The van der Waals surface area contributed by atoms with Crippen molar-refractivity contribution >= 4 is 6.08 Å². The second-order valence-corrected chi connectivity index (χ2v) is 0.366. The van der Waals surface area contributed by atoms with E-state index in [1.54, 1.807) is 5.16 Å². The molecule has 30 valence electrons. The molecular formula is CHK2NO3. The molecule has 0 amide bonds. The molecule has 0 bridgehead atoms. The van der Waals surface area contributed by atoms with Gasteiger partial charge >= 0.3 is 103 Å². The van der Waals surface area contributed by atoms with E-state index in [9.17, 15) is 0 Å². The quantitative estimate of drug-likeness (QED) is 0.123. The monoisotopic (exact) mass is 153 g/mol. The average Bonchev–Trinajstić information content (AvgIpc) is 1.38. The number of rotatable bonds is 0. The Morgan fingerprint density at radius 1 is 1.29 bits per heavy atom. The van der Waals surface area contributed by atoms with Gasteiger partial charge in [-0.2, -0.15) is 0 Å². The van der Waals surface area contributed by atoms with Crippen molar-refractivity contribution in [1.29, 1.82) is 0 Å². The molecule has 1 N–H and O–H groups in total. The fraction of sp³-hybridized carbons (Fsp3) is 0. The van der Waals surface area contributed by atoms with Crippen LogP contribution in [0.4, 0.5) is 0 Å². The van der Waals surface area contributed by atoms with Gasteiger partial charge in [0.1, 0.15) is 0 Å². The topological polar surface area (TPSA) is 78.7 Å². The summed E-state index contributed by atoms with van der Waals surface area (Å²) in [6.07, 6.45) is -1.81. The van der Waals surface area contributed by atoms with Gasteiger partial charge in [0.2, 0.25) is 0 Å². The molecule has 0 aromatic heterocycles. The summed E-state index contributed by atoms with van der Waals surface area (Å²) in [5.41, 5.74) is 0. The summed E-state index contributed by atoms with van der Waals surface area (Å²) in [5.74, 6) is 0. The number of nitrogens with zero attached hydrogens (tertiary/aromatic N) is 1. The molecule has 7 heavy (non-hydrogen) atoms. The zero-order valence-electron chi connectivity index (χ0n) is 4.21. The van der Waals surface area contributed by atoms with E-state index < -0.39 is 6.08 Å². The Morgan fingerprint density at radius 2 is 1.43 bits per heavy atom. The third-order valence-electron chi connectivity index (χ3n) is 0.0816. The summed E-state index contributed by atoms with van der Waals surface area (Å²) < 4.78 is 0. The molecule has 0 fully saturated rings. The summed E-state index contributed by atoms with van der Waals surface area (Å²) in [4.78, 5) is 0. The largest absolute Gasteiger partial charge is 1.00 e. The van der Waals surface area contributed by atoms with E-state index in [1.165, 1.54) is 0 Å². The maximum atomic E-state index is 8.84. The number of hydrogen-bond donors (Lipinski definition) is 1. The first-order valence-corrected chi connectivity index (χ1v) is 0.832. The number of oxime groups is 1. The first-order valence-electron chi connectivity index (χ1n) is 0.832. The Hall–Kier alpha value is 2.34. The van der Waals surface area contributed by atoms with Gasteiger partial charge in [0.25, 0.3) is 0 Å². The van der Waals surface area contributed by atoms with E-state index in [2.05, 4.69) is 0 Å². The minimum Gasteiger partial charge on any atom is -0.868 e. The fourth-order valence-corrected chi connectivity index (χ4v) is 0. The molecule has 0 aliphatic rings. The molecule has 0 aromatic rings. The van der Waals surface area contributed by atoms with Crippen molar-refractivity contribution in [3.05, 3.63) is 0 Å². The Morgan fingerprint density at radius 3 is 1.43 bits per heavy atom. The third-order valence-corrected chi connectivity index (χ3v) is 0.0816. The molecule has 0 heterocycles. The van der Waals surface area contributed by atoms with Gasteiger partial charge in [-0.3, -0.25) is 0 Å². The fourth-order valence-electron chi connectivity index (χ4n) is 0. The van der Waals surface area contributed by atoms with Crippen LogP contribution in [0.25, 0.3) is 0 Å². The molecule has 0 unspecified atom stereocenters. The summed E-state index contributed by atoms with van der Waals surface area (Å²) in [5, 5.41) is 26.5. The first kappa shape index (κ1) is 16.2. The maximum absolute atomic E-state index is 8.84. The normalized spacial score (nSPS) is 4.57.